The number of halogens is 2. The molecule has 96 valence electrons. The van der Waals surface area contributed by atoms with E-state index in [-0.39, 0.29) is 5.25 Å². The van der Waals surface area contributed by atoms with Crippen LogP contribution in [-0.2, 0) is 17.3 Å². The van der Waals surface area contributed by atoms with Gasteiger partial charge in [0, 0.05) is 40.5 Å². The maximum Gasteiger partial charge on any atom is 0.130 e. The van der Waals surface area contributed by atoms with Gasteiger partial charge in [0.05, 0.1) is 0 Å². The second-order valence-corrected chi connectivity index (χ2v) is 5.81. The van der Waals surface area contributed by atoms with E-state index in [0.717, 1.165) is 12.5 Å². The van der Waals surface area contributed by atoms with Crippen molar-refractivity contribution in [2.24, 2.45) is 0 Å². The molecule has 0 spiro atoms. The van der Waals surface area contributed by atoms with Crippen molar-refractivity contribution in [3.8, 4) is 0 Å². The average molecular weight is 261 g/mol. The van der Waals surface area contributed by atoms with E-state index in [4.69, 9.17) is 0 Å². The average Bonchev–Trinajstić information content (AvgIpc) is 2.26. The van der Waals surface area contributed by atoms with Gasteiger partial charge in [0.1, 0.15) is 11.6 Å². The zero-order valence-corrected chi connectivity index (χ0v) is 10.8. The van der Waals surface area contributed by atoms with Crippen LogP contribution < -0.4 is 5.32 Å². The molecule has 2 atom stereocenters. The lowest BCUT2D eigenvalue weighted by molar-refractivity contribution is 0.556. The fourth-order valence-corrected chi connectivity index (χ4v) is 1.81. The molecule has 1 aromatic carbocycles. The van der Waals surface area contributed by atoms with Gasteiger partial charge in [-0.05, 0) is 19.0 Å². The number of rotatable bonds is 6. The van der Waals surface area contributed by atoms with E-state index in [1.54, 1.807) is 6.26 Å². The predicted molar refractivity (Wildman–Crippen MR) is 66.2 cm³/mol. The lowest BCUT2D eigenvalue weighted by atomic mass is 10.2. The SMILES string of the molecule is CC(CCNCc1ccc(F)cc1F)S(C)=O. The Balaban J connectivity index is 2.34. The lowest BCUT2D eigenvalue weighted by Crippen LogP contribution is -2.21. The molecule has 1 N–H and O–H groups in total. The molecular formula is C12H17F2NOS. The molecule has 0 aromatic heterocycles. The molecule has 0 saturated carbocycles. The first-order chi connectivity index (χ1) is 8.00. The highest BCUT2D eigenvalue weighted by Gasteiger charge is 2.06. The summed E-state index contributed by atoms with van der Waals surface area (Å²) in [4.78, 5) is 0. The quantitative estimate of drug-likeness (QED) is 0.796. The van der Waals surface area contributed by atoms with Gasteiger partial charge in [-0.15, -0.1) is 0 Å². The molecule has 0 amide bonds. The maximum atomic E-state index is 13.2. The Labute approximate surface area is 103 Å². The highest BCUT2D eigenvalue weighted by Crippen LogP contribution is 2.09. The molecule has 0 bridgehead atoms. The fourth-order valence-electron chi connectivity index (χ4n) is 1.36. The van der Waals surface area contributed by atoms with Crippen molar-refractivity contribution in [2.75, 3.05) is 12.8 Å². The summed E-state index contributed by atoms with van der Waals surface area (Å²) in [5, 5.41) is 3.18. The van der Waals surface area contributed by atoms with Crippen LogP contribution >= 0.6 is 0 Å². The zero-order chi connectivity index (χ0) is 12.8. The summed E-state index contributed by atoms with van der Waals surface area (Å²) >= 11 is 0. The Bertz CT molecular complexity index is 398. The first-order valence-corrected chi connectivity index (χ1v) is 7.09. The number of benzene rings is 1. The Kier molecular flexibility index (Phi) is 5.71. The summed E-state index contributed by atoms with van der Waals surface area (Å²) in [5.41, 5.74) is 0.441. The molecule has 17 heavy (non-hydrogen) atoms. The van der Waals surface area contributed by atoms with Crippen molar-refractivity contribution in [1.82, 2.24) is 5.32 Å². The first-order valence-electron chi connectivity index (χ1n) is 5.47. The third-order valence-corrected chi connectivity index (χ3v) is 3.99. The van der Waals surface area contributed by atoms with Crippen LogP contribution in [0.15, 0.2) is 18.2 Å². The van der Waals surface area contributed by atoms with Gasteiger partial charge in [0.2, 0.25) is 0 Å². The molecule has 0 aliphatic carbocycles. The molecule has 0 aliphatic rings. The third-order valence-electron chi connectivity index (χ3n) is 2.62. The minimum atomic E-state index is -0.829. The first kappa shape index (κ1) is 14.3. The molecule has 0 fully saturated rings. The van der Waals surface area contributed by atoms with Crippen LogP contribution in [0.3, 0.4) is 0 Å². The van der Waals surface area contributed by atoms with Crippen LogP contribution in [0.25, 0.3) is 0 Å². The monoisotopic (exact) mass is 261 g/mol. The smallest absolute Gasteiger partial charge is 0.130 e. The topological polar surface area (TPSA) is 29.1 Å². The van der Waals surface area contributed by atoms with Crippen LogP contribution in [0.2, 0.25) is 0 Å². The Morgan fingerprint density at radius 2 is 2.12 bits per heavy atom. The van der Waals surface area contributed by atoms with Gasteiger partial charge in [-0.25, -0.2) is 8.78 Å². The molecule has 5 heteroatoms. The molecule has 0 radical (unpaired) electrons. The molecular weight excluding hydrogens is 244 g/mol. The second kappa shape index (κ2) is 6.81. The summed E-state index contributed by atoms with van der Waals surface area (Å²) in [6.45, 7) is 2.93. The van der Waals surface area contributed by atoms with Crippen molar-refractivity contribution in [3.05, 3.63) is 35.4 Å². The van der Waals surface area contributed by atoms with Crippen LogP contribution in [-0.4, -0.2) is 22.3 Å². The fraction of sp³-hybridized carbons (Fsp3) is 0.500. The van der Waals surface area contributed by atoms with Crippen LogP contribution in [0.4, 0.5) is 8.78 Å². The van der Waals surface area contributed by atoms with E-state index in [2.05, 4.69) is 5.32 Å². The Hall–Kier alpha value is -0.810. The van der Waals surface area contributed by atoms with Gasteiger partial charge in [0.15, 0.2) is 0 Å². The van der Waals surface area contributed by atoms with Gasteiger partial charge in [-0.2, -0.15) is 0 Å². The van der Waals surface area contributed by atoms with Crippen molar-refractivity contribution >= 4 is 10.8 Å². The number of hydrogen-bond donors (Lipinski definition) is 1. The second-order valence-electron chi connectivity index (χ2n) is 4.01. The van der Waals surface area contributed by atoms with E-state index < -0.39 is 22.4 Å². The summed E-state index contributed by atoms with van der Waals surface area (Å²) < 4.78 is 37.0. The minimum absolute atomic E-state index is 0.126. The van der Waals surface area contributed by atoms with Gasteiger partial charge >= 0.3 is 0 Å². The molecule has 0 saturated heterocycles. The van der Waals surface area contributed by atoms with Crippen molar-refractivity contribution in [2.45, 2.75) is 25.1 Å². The molecule has 0 heterocycles. The van der Waals surface area contributed by atoms with E-state index in [9.17, 15) is 13.0 Å². The van der Waals surface area contributed by atoms with Crippen molar-refractivity contribution in [1.29, 1.82) is 0 Å². The van der Waals surface area contributed by atoms with Crippen molar-refractivity contribution < 1.29 is 13.0 Å². The maximum absolute atomic E-state index is 13.2. The number of nitrogens with one attached hydrogen (secondary N) is 1. The van der Waals surface area contributed by atoms with Gasteiger partial charge in [-0.1, -0.05) is 13.0 Å². The normalized spacial score (nSPS) is 14.6. The summed E-state index contributed by atoms with van der Waals surface area (Å²) in [5.74, 6) is -1.11. The van der Waals surface area contributed by atoms with E-state index >= 15 is 0 Å². The van der Waals surface area contributed by atoms with Crippen molar-refractivity contribution in [3.63, 3.8) is 0 Å². The Morgan fingerprint density at radius 3 is 2.71 bits per heavy atom. The van der Waals surface area contributed by atoms with Gasteiger partial charge < -0.3 is 5.32 Å². The number of hydrogen-bond acceptors (Lipinski definition) is 2. The standard InChI is InChI=1S/C12H17F2NOS/c1-9(17(2)16)5-6-15-8-10-3-4-11(13)7-12(10)14/h3-4,7,9,15H,5-6,8H2,1-2H3. The third kappa shape index (κ3) is 4.91. The van der Waals surface area contributed by atoms with E-state index in [0.29, 0.717) is 18.7 Å². The van der Waals surface area contributed by atoms with Gasteiger partial charge in [-0.3, -0.25) is 4.21 Å². The minimum Gasteiger partial charge on any atom is -0.313 e. The summed E-state index contributed by atoms with van der Waals surface area (Å²) in [6, 6.07) is 3.55. The summed E-state index contributed by atoms with van der Waals surface area (Å²) in [7, 11) is -0.829. The molecule has 0 aliphatic heterocycles. The molecule has 2 nitrogen and oxygen atoms in total. The highest BCUT2D eigenvalue weighted by molar-refractivity contribution is 7.84. The van der Waals surface area contributed by atoms with Crippen LogP contribution in [0, 0.1) is 11.6 Å². The van der Waals surface area contributed by atoms with Gasteiger partial charge in [0.25, 0.3) is 0 Å². The molecule has 1 rings (SSSR count). The van der Waals surface area contributed by atoms with E-state index in [1.807, 2.05) is 6.92 Å². The predicted octanol–water partition coefficient (Wildman–Crippen LogP) is 2.21. The Morgan fingerprint density at radius 1 is 1.41 bits per heavy atom. The van der Waals surface area contributed by atoms with Crippen LogP contribution in [0.1, 0.15) is 18.9 Å². The highest BCUT2D eigenvalue weighted by atomic mass is 32.2. The van der Waals surface area contributed by atoms with E-state index in [1.165, 1.54) is 12.1 Å². The lowest BCUT2D eigenvalue weighted by Gasteiger charge is -2.09. The molecule has 2 unspecified atom stereocenters. The van der Waals surface area contributed by atoms with Crippen LogP contribution in [0.5, 0.6) is 0 Å². The molecule has 1 aromatic rings. The summed E-state index contributed by atoms with van der Waals surface area (Å²) in [6.07, 6.45) is 2.44. The zero-order valence-electron chi connectivity index (χ0n) is 10.0. The largest absolute Gasteiger partial charge is 0.313 e.